The van der Waals surface area contributed by atoms with Crippen molar-refractivity contribution in [1.29, 1.82) is 0 Å². The van der Waals surface area contributed by atoms with E-state index in [4.69, 9.17) is 10.8 Å². The van der Waals surface area contributed by atoms with Gasteiger partial charge in [-0.2, -0.15) is 0 Å². The zero-order valence-electron chi connectivity index (χ0n) is 20.4. The summed E-state index contributed by atoms with van der Waals surface area (Å²) in [6, 6.07) is -4.82. The van der Waals surface area contributed by atoms with Crippen LogP contribution in [0.3, 0.4) is 0 Å². The number of rotatable bonds is 15. The van der Waals surface area contributed by atoms with Gasteiger partial charge in [-0.15, -0.1) is 0 Å². The number of aliphatic carboxylic acids is 2. The molecule has 2 aromatic rings. The number of carboxylic acids is 2. The van der Waals surface area contributed by atoms with Gasteiger partial charge in [0.15, 0.2) is 0 Å². The molecule has 0 aliphatic carbocycles. The lowest BCUT2D eigenvalue weighted by Crippen LogP contribution is -2.58. The van der Waals surface area contributed by atoms with Crippen molar-refractivity contribution in [1.82, 2.24) is 35.9 Å². The number of carbonyl (C=O) groups excluding carboxylic acids is 3. The summed E-state index contributed by atoms with van der Waals surface area (Å²) in [4.78, 5) is 74.6. The second kappa shape index (κ2) is 13.7. The topological polar surface area (TPSA) is 245 Å². The monoisotopic (exact) mass is 520 g/mol. The molecule has 0 radical (unpaired) electrons. The molecule has 4 unspecified atom stereocenters. The lowest BCUT2D eigenvalue weighted by molar-refractivity contribution is -0.142. The van der Waals surface area contributed by atoms with E-state index in [0.717, 1.165) is 0 Å². The van der Waals surface area contributed by atoms with Crippen LogP contribution >= 0.6 is 0 Å². The average Bonchev–Trinajstić information content (AvgIpc) is 3.53. The minimum atomic E-state index is -1.30. The predicted molar refractivity (Wildman–Crippen MR) is 128 cm³/mol. The molecule has 3 amide bonds. The number of hydrogen-bond acceptors (Lipinski definition) is 8. The molecule has 2 rings (SSSR count). The molecule has 0 aromatic carbocycles. The zero-order valence-corrected chi connectivity index (χ0v) is 20.4. The molecule has 0 saturated carbocycles. The number of H-pyrrole nitrogens is 2. The summed E-state index contributed by atoms with van der Waals surface area (Å²) in [6.07, 6.45) is 5.06. The van der Waals surface area contributed by atoms with Gasteiger partial charge in [0.05, 0.1) is 18.7 Å². The lowest BCUT2D eigenvalue weighted by Gasteiger charge is -2.27. The lowest BCUT2D eigenvalue weighted by atomic mass is 10.0. The summed E-state index contributed by atoms with van der Waals surface area (Å²) in [5.74, 6) is -5.20. The number of nitrogens with two attached hydrogens (primary N) is 1. The first-order valence-electron chi connectivity index (χ1n) is 11.5. The molecule has 0 saturated heterocycles. The van der Waals surface area contributed by atoms with Crippen LogP contribution in [-0.4, -0.2) is 84.0 Å². The fraction of sp³-hybridized carbons (Fsp3) is 0.500. The van der Waals surface area contributed by atoms with Crippen LogP contribution in [0.4, 0.5) is 0 Å². The van der Waals surface area contributed by atoms with Crippen LogP contribution in [0.15, 0.2) is 25.0 Å². The van der Waals surface area contributed by atoms with Gasteiger partial charge < -0.3 is 41.9 Å². The van der Waals surface area contributed by atoms with Crippen molar-refractivity contribution in [3.63, 3.8) is 0 Å². The van der Waals surface area contributed by atoms with Crippen LogP contribution in [0, 0.1) is 5.92 Å². The summed E-state index contributed by atoms with van der Waals surface area (Å²) in [5.41, 5.74) is 6.99. The number of nitrogens with one attached hydrogen (secondary N) is 5. The van der Waals surface area contributed by atoms with Crippen molar-refractivity contribution in [2.75, 3.05) is 0 Å². The summed E-state index contributed by atoms with van der Waals surface area (Å²) in [6.45, 7) is 3.28. The third kappa shape index (κ3) is 9.36. The Morgan fingerprint density at radius 3 is 1.92 bits per heavy atom. The molecule has 0 aliphatic rings. The van der Waals surface area contributed by atoms with Gasteiger partial charge in [-0.05, 0) is 12.3 Å². The molecule has 15 nitrogen and oxygen atoms in total. The Morgan fingerprint density at radius 2 is 1.43 bits per heavy atom. The fourth-order valence-corrected chi connectivity index (χ4v) is 3.41. The third-order valence-electron chi connectivity index (χ3n) is 5.45. The Labute approximate surface area is 212 Å². The van der Waals surface area contributed by atoms with E-state index in [2.05, 4.69) is 35.9 Å². The second-order valence-corrected chi connectivity index (χ2v) is 8.79. The van der Waals surface area contributed by atoms with E-state index in [-0.39, 0.29) is 19.3 Å². The maximum atomic E-state index is 13.0. The van der Waals surface area contributed by atoms with E-state index in [0.29, 0.717) is 11.4 Å². The van der Waals surface area contributed by atoms with Gasteiger partial charge >= 0.3 is 11.9 Å². The Hall–Kier alpha value is -4.27. The van der Waals surface area contributed by atoms with Gasteiger partial charge in [-0.25, -0.2) is 14.8 Å². The molecule has 0 bridgehead atoms. The molecular weight excluding hydrogens is 488 g/mol. The van der Waals surface area contributed by atoms with Crippen LogP contribution in [0.2, 0.25) is 0 Å². The second-order valence-electron chi connectivity index (χ2n) is 8.79. The number of hydrogen-bond donors (Lipinski definition) is 8. The van der Waals surface area contributed by atoms with Crippen molar-refractivity contribution < 1.29 is 34.2 Å². The van der Waals surface area contributed by atoms with Crippen LogP contribution in [0.5, 0.6) is 0 Å². The Balaban J connectivity index is 2.09. The van der Waals surface area contributed by atoms with E-state index in [1.165, 1.54) is 25.0 Å². The summed E-state index contributed by atoms with van der Waals surface area (Å²) in [5, 5.41) is 25.9. The van der Waals surface area contributed by atoms with E-state index in [1.807, 2.05) is 0 Å². The molecule has 9 N–H and O–H groups in total. The number of carbonyl (C=O) groups is 5. The van der Waals surface area contributed by atoms with Crippen LogP contribution < -0.4 is 21.7 Å². The van der Waals surface area contributed by atoms with E-state index in [1.54, 1.807) is 13.8 Å². The highest BCUT2D eigenvalue weighted by Crippen LogP contribution is 2.08. The maximum Gasteiger partial charge on any atom is 0.326 e. The van der Waals surface area contributed by atoms with Crippen LogP contribution in [0.25, 0.3) is 0 Å². The predicted octanol–water partition coefficient (Wildman–Crippen LogP) is -1.69. The molecule has 4 atom stereocenters. The highest BCUT2D eigenvalue weighted by atomic mass is 16.4. The first kappa shape index (κ1) is 29.0. The molecule has 2 heterocycles. The number of aromatic amines is 2. The highest BCUT2D eigenvalue weighted by molar-refractivity contribution is 5.94. The van der Waals surface area contributed by atoms with Gasteiger partial charge in [0, 0.05) is 43.0 Å². The number of carboxylic acid groups (broad SMARTS) is 2. The Kier molecular flexibility index (Phi) is 10.7. The summed E-state index contributed by atoms with van der Waals surface area (Å²) in [7, 11) is 0. The summed E-state index contributed by atoms with van der Waals surface area (Å²) < 4.78 is 0. The normalized spacial score (nSPS) is 14.3. The van der Waals surface area contributed by atoms with Gasteiger partial charge in [0.25, 0.3) is 0 Å². The van der Waals surface area contributed by atoms with E-state index < -0.39 is 66.2 Å². The zero-order chi connectivity index (χ0) is 27.5. The van der Waals surface area contributed by atoms with Gasteiger partial charge in [0.1, 0.15) is 18.1 Å². The maximum absolute atomic E-state index is 13.0. The quantitative estimate of drug-likeness (QED) is 0.132. The molecule has 0 fully saturated rings. The SMILES string of the molecule is CC(C)C(NC(=O)C(CCC(=O)O)NC(=O)C(N)Cc1cnc[nH]1)C(=O)NC(Cc1cnc[nH]1)C(=O)O. The number of aromatic nitrogens is 4. The van der Waals surface area contributed by atoms with Crippen molar-refractivity contribution in [3.8, 4) is 0 Å². The molecule has 0 aliphatic heterocycles. The van der Waals surface area contributed by atoms with Crippen molar-refractivity contribution in [3.05, 3.63) is 36.4 Å². The van der Waals surface area contributed by atoms with Gasteiger partial charge in [-0.3, -0.25) is 19.2 Å². The first-order chi connectivity index (χ1) is 17.5. The largest absolute Gasteiger partial charge is 0.481 e. The smallest absolute Gasteiger partial charge is 0.326 e. The standard InChI is InChI=1S/C22H32N8O7/c1-11(2)18(21(35)29-16(22(36)37)6-13-8-25-10-27-13)30-20(34)15(3-4-17(31)32)28-19(33)14(23)5-12-7-24-9-26-12/h7-11,14-16,18H,3-6,23H2,1-2H3,(H,24,26)(H,25,27)(H,28,33)(H,29,35)(H,30,34)(H,31,32)(H,36,37). The minimum Gasteiger partial charge on any atom is -0.481 e. The van der Waals surface area contributed by atoms with Gasteiger partial charge in [0.2, 0.25) is 17.7 Å². The van der Waals surface area contributed by atoms with Crippen molar-refractivity contribution >= 4 is 29.7 Å². The van der Waals surface area contributed by atoms with E-state index in [9.17, 15) is 29.1 Å². The Bertz CT molecular complexity index is 1060. The summed E-state index contributed by atoms with van der Waals surface area (Å²) >= 11 is 0. The van der Waals surface area contributed by atoms with Gasteiger partial charge in [-0.1, -0.05) is 13.8 Å². The van der Waals surface area contributed by atoms with Crippen LogP contribution in [0.1, 0.15) is 38.1 Å². The number of amides is 3. The van der Waals surface area contributed by atoms with Crippen molar-refractivity contribution in [2.45, 2.75) is 63.7 Å². The molecule has 2 aromatic heterocycles. The van der Waals surface area contributed by atoms with E-state index >= 15 is 0 Å². The molecule has 37 heavy (non-hydrogen) atoms. The highest BCUT2D eigenvalue weighted by Gasteiger charge is 2.32. The first-order valence-corrected chi connectivity index (χ1v) is 11.5. The average molecular weight is 521 g/mol. The number of imidazole rings is 2. The minimum absolute atomic E-state index is 0.0641. The molecule has 15 heteroatoms. The molecule has 202 valence electrons. The van der Waals surface area contributed by atoms with Crippen LogP contribution in [-0.2, 0) is 36.8 Å². The number of nitrogens with zero attached hydrogens (tertiary/aromatic N) is 2. The Morgan fingerprint density at radius 1 is 0.865 bits per heavy atom. The van der Waals surface area contributed by atoms with Crippen molar-refractivity contribution in [2.24, 2.45) is 11.7 Å². The molecular formula is C22H32N8O7. The fourth-order valence-electron chi connectivity index (χ4n) is 3.41. The molecule has 0 spiro atoms. The third-order valence-corrected chi connectivity index (χ3v) is 5.45.